The van der Waals surface area contributed by atoms with E-state index >= 15 is 0 Å². The van der Waals surface area contributed by atoms with E-state index in [0.29, 0.717) is 5.56 Å². The number of thioether (sulfide) groups is 1. The molecule has 0 radical (unpaired) electrons. The Morgan fingerprint density at radius 3 is 2.63 bits per heavy atom. The van der Waals surface area contributed by atoms with E-state index in [1.54, 1.807) is 11.8 Å². The fourth-order valence-corrected chi connectivity index (χ4v) is 2.60. The average Bonchev–Trinajstić information content (AvgIpc) is 2.43. The van der Waals surface area contributed by atoms with Gasteiger partial charge in [0.15, 0.2) is 0 Å². The molecule has 0 aliphatic heterocycles. The SMILES string of the molecule is CSc1ccccc1C(=O)Nc1ccc(Br)c(C)c1. The topological polar surface area (TPSA) is 29.1 Å². The van der Waals surface area contributed by atoms with Crippen LogP contribution < -0.4 is 5.32 Å². The van der Waals surface area contributed by atoms with Crippen molar-refractivity contribution < 1.29 is 4.79 Å². The Morgan fingerprint density at radius 2 is 1.95 bits per heavy atom. The molecule has 0 saturated carbocycles. The Kier molecular flexibility index (Phi) is 4.66. The third-order valence-electron chi connectivity index (χ3n) is 2.77. The van der Waals surface area contributed by atoms with Gasteiger partial charge >= 0.3 is 0 Å². The minimum atomic E-state index is -0.0772. The quantitative estimate of drug-likeness (QED) is 0.821. The average molecular weight is 336 g/mol. The standard InChI is InChI=1S/C15H14BrNOS/c1-10-9-11(7-8-13(10)16)17-15(18)12-5-3-4-6-14(12)19-2/h3-9H,1-2H3,(H,17,18). The van der Waals surface area contributed by atoms with Gasteiger partial charge in [0.2, 0.25) is 0 Å². The number of benzene rings is 2. The first-order valence-electron chi connectivity index (χ1n) is 5.82. The molecule has 2 aromatic rings. The van der Waals surface area contributed by atoms with Crippen molar-refractivity contribution in [3.8, 4) is 0 Å². The second-order valence-electron chi connectivity index (χ2n) is 4.12. The lowest BCUT2D eigenvalue weighted by Gasteiger charge is -2.09. The number of aryl methyl sites for hydroxylation is 1. The van der Waals surface area contributed by atoms with E-state index in [1.807, 2.05) is 55.6 Å². The van der Waals surface area contributed by atoms with E-state index in [2.05, 4.69) is 21.2 Å². The lowest BCUT2D eigenvalue weighted by Crippen LogP contribution is -2.12. The van der Waals surface area contributed by atoms with Crippen LogP contribution in [-0.4, -0.2) is 12.2 Å². The number of amides is 1. The second-order valence-corrected chi connectivity index (χ2v) is 5.82. The van der Waals surface area contributed by atoms with Crippen LogP contribution in [0.3, 0.4) is 0 Å². The minimum absolute atomic E-state index is 0.0772. The number of rotatable bonds is 3. The molecule has 1 amide bonds. The number of nitrogens with one attached hydrogen (secondary N) is 1. The molecule has 0 spiro atoms. The fraction of sp³-hybridized carbons (Fsp3) is 0.133. The lowest BCUT2D eigenvalue weighted by molar-refractivity contribution is 0.102. The molecule has 0 aromatic heterocycles. The maximum absolute atomic E-state index is 12.3. The molecule has 2 rings (SSSR count). The summed E-state index contributed by atoms with van der Waals surface area (Å²) in [5, 5.41) is 2.93. The number of carbonyl (C=O) groups is 1. The van der Waals surface area contributed by atoms with Crippen LogP contribution in [-0.2, 0) is 0 Å². The number of carbonyl (C=O) groups excluding carboxylic acids is 1. The minimum Gasteiger partial charge on any atom is -0.322 e. The van der Waals surface area contributed by atoms with Gasteiger partial charge in [0.25, 0.3) is 5.91 Å². The summed E-state index contributed by atoms with van der Waals surface area (Å²) in [6.07, 6.45) is 1.97. The number of halogens is 1. The molecule has 1 N–H and O–H groups in total. The molecule has 0 aliphatic rings. The summed E-state index contributed by atoms with van der Waals surface area (Å²) in [6.45, 7) is 2.00. The Bertz CT molecular complexity index is 613. The fourth-order valence-electron chi connectivity index (χ4n) is 1.75. The van der Waals surface area contributed by atoms with Gasteiger partial charge < -0.3 is 5.32 Å². The smallest absolute Gasteiger partial charge is 0.256 e. The summed E-state index contributed by atoms with van der Waals surface area (Å²) in [5.41, 5.74) is 2.60. The maximum Gasteiger partial charge on any atom is 0.256 e. The van der Waals surface area contributed by atoms with Crippen LogP contribution in [0.15, 0.2) is 51.8 Å². The van der Waals surface area contributed by atoms with Gasteiger partial charge in [-0.1, -0.05) is 28.1 Å². The van der Waals surface area contributed by atoms with E-state index in [-0.39, 0.29) is 5.91 Å². The van der Waals surface area contributed by atoms with Crippen molar-refractivity contribution >= 4 is 39.3 Å². The molecule has 0 saturated heterocycles. The van der Waals surface area contributed by atoms with Crippen LogP contribution in [0.25, 0.3) is 0 Å². The normalized spacial score (nSPS) is 10.3. The highest BCUT2D eigenvalue weighted by molar-refractivity contribution is 9.10. The number of hydrogen-bond donors (Lipinski definition) is 1. The van der Waals surface area contributed by atoms with Crippen molar-refractivity contribution in [2.75, 3.05) is 11.6 Å². The molecule has 2 aromatic carbocycles. The molecule has 0 aliphatic carbocycles. The summed E-state index contributed by atoms with van der Waals surface area (Å²) < 4.78 is 1.04. The van der Waals surface area contributed by atoms with E-state index in [1.165, 1.54) is 0 Å². The second kappa shape index (κ2) is 6.26. The van der Waals surface area contributed by atoms with Crippen LogP contribution in [0.2, 0.25) is 0 Å². The molecule has 0 atom stereocenters. The van der Waals surface area contributed by atoms with Gasteiger partial charge in [0.05, 0.1) is 5.56 Å². The van der Waals surface area contributed by atoms with Crippen LogP contribution in [0.5, 0.6) is 0 Å². The Morgan fingerprint density at radius 1 is 1.21 bits per heavy atom. The highest BCUT2D eigenvalue weighted by atomic mass is 79.9. The Hall–Kier alpha value is -1.26. The first-order valence-corrected chi connectivity index (χ1v) is 7.84. The Labute approximate surface area is 125 Å². The highest BCUT2D eigenvalue weighted by Crippen LogP contribution is 2.23. The van der Waals surface area contributed by atoms with Gasteiger partial charge in [0, 0.05) is 15.1 Å². The largest absolute Gasteiger partial charge is 0.322 e. The summed E-state index contributed by atoms with van der Waals surface area (Å²) in [7, 11) is 0. The first-order chi connectivity index (χ1) is 9.11. The van der Waals surface area contributed by atoms with Gasteiger partial charge in [-0.3, -0.25) is 4.79 Å². The third kappa shape index (κ3) is 3.39. The van der Waals surface area contributed by atoms with Crippen LogP contribution in [0.1, 0.15) is 15.9 Å². The van der Waals surface area contributed by atoms with Crippen molar-refractivity contribution in [2.24, 2.45) is 0 Å². The molecular weight excluding hydrogens is 322 g/mol. The molecule has 0 fully saturated rings. The van der Waals surface area contributed by atoms with Crippen molar-refractivity contribution in [3.05, 3.63) is 58.1 Å². The Balaban J connectivity index is 2.23. The van der Waals surface area contributed by atoms with Gasteiger partial charge in [-0.2, -0.15) is 0 Å². The molecular formula is C15H14BrNOS. The molecule has 0 heterocycles. The van der Waals surface area contributed by atoms with Gasteiger partial charge in [0.1, 0.15) is 0 Å². The lowest BCUT2D eigenvalue weighted by atomic mass is 10.2. The molecule has 19 heavy (non-hydrogen) atoms. The predicted octanol–water partition coefficient (Wildman–Crippen LogP) is 4.73. The van der Waals surface area contributed by atoms with Gasteiger partial charge in [-0.05, 0) is 49.1 Å². The molecule has 4 heteroatoms. The van der Waals surface area contributed by atoms with Crippen molar-refractivity contribution in [1.29, 1.82) is 0 Å². The van der Waals surface area contributed by atoms with Crippen LogP contribution in [0, 0.1) is 6.92 Å². The van der Waals surface area contributed by atoms with E-state index < -0.39 is 0 Å². The van der Waals surface area contributed by atoms with Gasteiger partial charge in [-0.25, -0.2) is 0 Å². The molecule has 0 bridgehead atoms. The zero-order valence-electron chi connectivity index (χ0n) is 10.7. The summed E-state index contributed by atoms with van der Waals surface area (Å²) in [5.74, 6) is -0.0772. The van der Waals surface area contributed by atoms with Crippen molar-refractivity contribution in [3.63, 3.8) is 0 Å². The first kappa shape index (κ1) is 14.2. The highest BCUT2D eigenvalue weighted by Gasteiger charge is 2.10. The van der Waals surface area contributed by atoms with Gasteiger partial charge in [-0.15, -0.1) is 11.8 Å². The zero-order chi connectivity index (χ0) is 13.8. The van der Waals surface area contributed by atoms with E-state index in [4.69, 9.17) is 0 Å². The van der Waals surface area contributed by atoms with Crippen LogP contribution in [0.4, 0.5) is 5.69 Å². The number of hydrogen-bond acceptors (Lipinski definition) is 2. The van der Waals surface area contributed by atoms with E-state index in [9.17, 15) is 4.79 Å². The molecule has 98 valence electrons. The maximum atomic E-state index is 12.3. The zero-order valence-corrected chi connectivity index (χ0v) is 13.1. The summed E-state index contributed by atoms with van der Waals surface area (Å²) in [4.78, 5) is 13.2. The molecule has 2 nitrogen and oxygen atoms in total. The van der Waals surface area contributed by atoms with Crippen molar-refractivity contribution in [1.82, 2.24) is 0 Å². The van der Waals surface area contributed by atoms with Crippen molar-refractivity contribution in [2.45, 2.75) is 11.8 Å². The third-order valence-corrected chi connectivity index (χ3v) is 4.45. The number of anilines is 1. The molecule has 0 unspecified atom stereocenters. The van der Waals surface area contributed by atoms with Crippen LogP contribution >= 0.6 is 27.7 Å². The van der Waals surface area contributed by atoms with E-state index in [0.717, 1.165) is 20.6 Å². The predicted molar refractivity (Wildman–Crippen MR) is 85.1 cm³/mol. The summed E-state index contributed by atoms with van der Waals surface area (Å²) >= 11 is 5.02. The monoisotopic (exact) mass is 335 g/mol. The summed E-state index contributed by atoms with van der Waals surface area (Å²) in [6, 6.07) is 13.4.